The molecule has 0 spiro atoms. The van der Waals surface area contributed by atoms with Gasteiger partial charge in [0.15, 0.2) is 5.15 Å². The molecule has 0 fully saturated rings. The average molecular weight is 294 g/mol. The standard InChI is InChI=1S/C10H14BrClN2O/c1-2-3-4-5-6-15-10-8(11)9(12)13-7-14-10/h7H,2-6H2,1H3. The number of nitrogens with zero attached hydrogens (tertiary/aromatic N) is 2. The van der Waals surface area contributed by atoms with Crippen molar-refractivity contribution >= 4 is 27.5 Å². The number of unbranched alkanes of at least 4 members (excludes halogenated alkanes) is 3. The zero-order chi connectivity index (χ0) is 11.1. The molecule has 0 aliphatic rings. The van der Waals surface area contributed by atoms with Gasteiger partial charge < -0.3 is 4.74 Å². The lowest BCUT2D eigenvalue weighted by Gasteiger charge is -2.06. The van der Waals surface area contributed by atoms with Crippen molar-refractivity contribution in [3.63, 3.8) is 0 Å². The fourth-order valence-electron chi connectivity index (χ4n) is 1.13. The van der Waals surface area contributed by atoms with Crippen LogP contribution in [0.5, 0.6) is 5.88 Å². The molecule has 1 rings (SSSR count). The molecule has 3 nitrogen and oxygen atoms in total. The van der Waals surface area contributed by atoms with Crippen LogP contribution in [0.15, 0.2) is 10.8 Å². The second-order valence-electron chi connectivity index (χ2n) is 3.19. The minimum atomic E-state index is 0.383. The second-order valence-corrected chi connectivity index (χ2v) is 4.34. The van der Waals surface area contributed by atoms with Crippen LogP contribution < -0.4 is 4.74 Å². The highest BCUT2D eigenvalue weighted by Gasteiger charge is 2.07. The minimum Gasteiger partial charge on any atom is -0.477 e. The first-order valence-corrected chi connectivity index (χ1v) is 6.21. The van der Waals surface area contributed by atoms with E-state index in [0.717, 1.165) is 6.42 Å². The maximum absolute atomic E-state index is 5.80. The summed E-state index contributed by atoms with van der Waals surface area (Å²) in [5.74, 6) is 0.520. The molecule has 1 aromatic rings. The van der Waals surface area contributed by atoms with Crippen molar-refractivity contribution in [2.24, 2.45) is 0 Å². The Hall–Kier alpha value is -0.350. The van der Waals surface area contributed by atoms with E-state index < -0.39 is 0 Å². The van der Waals surface area contributed by atoms with Crippen LogP contribution >= 0.6 is 27.5 Å². The summed E-state index contributed by atoms with van der Waals surface area (Å²) in [5, 5.41) is 0.383. The first kappa shape index (κ1) is 12.7. The van der Waals surface area contributed by atoms with Gasteiger partial charge in [0.05, 0.1) is 6.61 Å². The van der Waals surface area contributed by atoms with E-state index in [2.05, 4.69) is 32.8 Å². The van der Waals surface area contributed by atoms with Gasteiger partial charge in [0.25, 0.3) is 0 Å². The van der Waals surface area contributed by atoms with Crippen molar-refractivity contribution in [2.45, 2.75) is 32.6 Å². The zero-order valence-electron chi connectivity index (χ0n) is 8.67. The molecular formula is C10H14BrClN2O. The van der Waals surface area contributed by atoms with Crippen molar-refractivity contribution in [2.75, 3.05) is 6.61 Å². The van der Waals surface area contributed by atoms with E-state index >= 15 is 0 Å². The van der Waals surface area contributed by atoms with Gasteiger partial charge in [-0.2, -0.15) is 0 Å². The van der Waals surface area contributed by atoms with Crippen molar-refractivity contribution in [1.82, 2.24) is 9.97 Å². The SMILES string of the molecule is CCCCCCOc1ncnc(Cl)c1Br. The van der Waals surface area contributed by atoms with E-state index in [4.69, 9.17) is 16.3 Å². The first-order valence-electron chi connectivity index (χ1n) is 5.04. The van der Waals surface area contributed by atoms with Gasteiger partial charge in [0.2, 0.25) is 5.88 Å². The van der Waals surface area contributed by atoms with Gasteiger partial charge in [0, 0.05) is 0 Å². The highest BCUT2D eigenvalue weighted by molar-refractivity contribution is 9.10. The van der Waals surface area contributed by atoms with E-state index in [1.165, 1.54) is 25.6 Å². The number of hydrogen-bond donors (Lipinski definition) is 0. The highest BCUT2D eigenvalue weighted by Crippen LogP contribution is 2.27. The molecule has 84 valence electrons. The van der Waals surface area contributed by atoms with Gasteiger partial charge >= 0.3 is 0 Å². The van der Waals surface area contributed by atoms with Crippen LogP contribution in [-0.2, 0) is 0 Å². The Bertz CT molecular complexity index is 309. The van der Waals surface area contributed by atoms with Crippen LogP contribution in [0, 0.1) is 0 Å². The van der Waals surface area contributed by atoms with Gasteiger partial charge in [-0.15, -0.1) is 0 Å². The third-order valence-electron chi connectivity index (χ3n) is 1.95. The quantitative estimate of drug-likeness (QED) is 0.590. The Morgan fingerprint density at radius 2 is 2.13 bits per heavy atom. The summed E-state index contributed by atoms with van der Waals surface area (Å²) in [5.41, 5.74) is 0. The highest BCUT2D eigenvalue weighted by atomic mass is 79.9. The molecule has 1 aromatic heterocycles. The Morgan fingerprint density at radius 3 is 2.87 bits per heavy atom. The first-order chi connectivity index (χ1) is 7.25. The molecule has 0 aliphatic carbocycles. The van der Waals surface area contributed by atoms with Gasteiger partial charge in [-0.3, -0.25) is 0 Å². The van der Waals surface area contributed by atoms with E-state index in [9.17, 15) is 0 Å². The van der Waals surface area contributed by atoms with Gasteiger partial charge in [-0.05, 0) is 22.4 Å². The number of halogens is 2. The Balaban J connectivity index is 2.34. The normalized spacial score (nSPS) is 10.3. The van der Waals surface area contributed by atoms with Crippen molar-refractivity contribution < 1.29 is 4.74 Å². The van der Waals surface area contributed by atoms with E-state index in [-0.39, 0.29) is 0 Å². The van der Waals surface area contributed by atoms with Crippen molar-refractivity contribution in [3.8, 4) is 5.88 Å². The Kier molecular flexibility index (Phi) is 5.95. The molecule has 0 bridgehead atoms. The molecule has 0 saturated carbocycles. The minimum absolute atomic E-state index is 0.383. The second kappa shape index (κ2) is 7.01. The molecule has 1 heterocycles. The molecule has 5 heteroatoms. The number of hydrogen-bond acceptors (Lipinski definition) is 3. The fourth-order valence-corrected chi connectivity index (χ4v) is 1.58. The lowest BCUT2D eigenvalue weighted by molar-refractivity contribution is 0.291. The maximum Gasteiger partial charge on any atom is 0.232 e. The average Bonchev–Trinajstić information content (AvgIpc) is 2.24. The third-order valence-corrected chi connectivity index (χ3v) is 3.18. The molecule has 0 aromatic carbocycles. The molecule has 15 heavy (non-hydrogen) atoms. The zero-order valence-corrected chi connectivity index (χ0v) is 11.0. The van der Waals surface area contributed by atoms with Crippen LogP contribution in [0.25, 0.3) is 0 Å². The van der Waals surface area contributed by atoms with Crippen molar-refractivity contribution in [1.29, 1.82) is 0 Å². The van der Waals surface area contributed by atoms with Gasteiger partial charge in [0.1, 0.15) is 10.8 Å². The lowest BCUT2D eigenvalue weighted by atomic mass is 10.2. The van der Waals surface area contributed by atoms with Crippen LogP contribution in [0.2, 0.25) is 5.15 Å². The predicted octanol–water partition coefficient (Wildman–Crippen LogP) is 3.85. The summed E-state index contributed by atoms with van der Waals surface area (Å²) in [7, 11) is 0. The van der Waals surface area contributed by atoms with Crippen LogP contribution in [0.3, 0.4) is 0 Å². The molecule has 0 unspecified atom stereocenters. The number of ether oxygens (including phenoxy) is 1. The molecule has 0 aliphatic heterocycles. The number of aromatic nitrogens is 2. The summed E-state index contributed by atoms with van der Waals surface area (Å²) in [6.45, 7) is 2.85. The monoisotopic (exact) mass is 292 g/mol. The summed E-state index contributed by atoms with van der Waals surface area (Å²) >= 11 is 9.08. The molecular weight excluding hydrogens is 279 g/mol. The summed E-state index contributed by atoms with van der Waals surface area (Å²) < 4.78 is 6.11. The Labute approximate surface area is 103 Å². The molecule has 0 N–H and O–H groups in total. The van der Waals surface area contributed by atoms with Crippen LogP contribution in [0.4, 0.5) is 0 Å². The van der Waals surface area contributed by atoms with Gasteiger partial charge in [-0.25, -0.2) is 9.97 Å². The largest absolute Gasteiger partial charge is 0.477 e. The third kappa shape index (κ3) is 4.34. The lowest BCUT2D eigenvalue weighted by Crippen LogP contribution is -2.00. The topological polar surface area (TPSA) is 35.0 Å². The van der Waals surface area contributed by atoms with Crippen LogP contribution in [-0.4, -0.2) is 16.6 Å². The molecule has 0 atom stereocenters. The van der Waals surface area contributed by atoms with Gasteiger partial charge in [-0.1, -0.05) is 37.8 Å². The summed E-state index contributed by atoms with van der Waals surface area (Å²) in [6.07, 6.45) is 6.10. The predicted molar refractivity (Wildman–Crippen MR) is 64.4 cm³/mol. The summed E-state index contributed by atoms with van der Waals surface area (Å²) in [6, 6.07) is 0. The van der Waals surface area contributed by atoms with E-state index in [0.29, 0.717) is 22.1 Å². The molecule has 0 saturated heterocycles. The molecule has 0 radical (unpaired) electrons. The fraction of sp³-hybridized carbons (Fsp3) is 0.600. The van der Waals surface area contributed by atoms with E-state index in [1.807, 2.05) is 0 Å². The molecule has 0 amide bonds. The van der Waals surface area contributed by atoms with Crippen molar-refractivity contribution in [3.05, 3.63) is 16.0 Å². The smallest absolute Gasteiger partial charge is 0.232 e. The van der Waals surface area contributed by atoms with E-state index in [1.54, 1.807) is 0 Å². The van der Waals surface area contributed by atoms with Crippen LogP contribution in [0.1, 0.15) is 32.6 Å². The summed E-state index contributed by atoms with van der Waals surface area (Å²) in [4.78, 5) is 7.82. The number of rotatable bonds is 6. The maximum atomic E-state index is 5.80. The Morgan fingerprint density at radius 1 is 1.33 bits per heavy atom.